The quantitative estimate of drug-likeness (QED) is 0.533. The van der Waals surface area contributed by atoms with Crippen molar-refractivity contribution in [2.45, 2.75) is 51.0 Å². The molecule has 96 valence electrons. The SMILES string of the molecule is CO[C@H]1O[C@H](C=[13CH2])[C@@H]2OC(C)(C)N(C(C)=O)[C@H]12. The monoisotopic (exact) mass is 242 g/mol. The maximum Gasteiger partial charge on any atom is 0.222 e. The molecule has 0 radical (unpaired) electrons. The van der Waals surface area contributed by atoms with E-state index in [0.29, 0.717) is 0 Å². The minimum atomic E-state index is -0.636. The van der Waals surface area contributed by atoms with Crippen molar-refractivity contribution in [3.05, 3.63) is 12.7 Å². The molecule has 0 aromatic heterocycles. The Morgan fingerprint density at radius 2 is 2.18 bits per heavy atom. The molecule has 2 aliphatic heterocycles. The van der Waals surface area contributed by atoms with Gasteiger partial charge in [-0.2, -0.15) is 0 Å². The highest BCUT2D eigenvalue weighted by molar-refractivity contribution is 5.75. The molecule has 0 aromatic rings. The fraction of sp³-hybridized carbons (Fsp3) is 0.750. The summed E-state index contributed by atoms with van der Waals surface area (Å²) in [5.41, 5.74) is -0.636. The van der Waals surface area contributed by atoms with Gasteiger partial charge in [-0.15, -0.1) is 6.58 Å². The lowest BCUT2D eigenvalue weighted by atomic mass is 10.1. The van der Waals surface area contributed by atoms with E-state index in [4.69, 9.17) is 14.2 Å². The van der Waals surface area contributed by atoms with E-state index < -0.39 is 12.0 Å². The molecule has 0 N–H and O–H groups in total. The molecular formula is C12H19NO4. The normalized spacial score (nSPS) is 39.2. The molecule has 2 heterocycles. The largest absolute Gasteiger partial charge is 0.354 e. The Balaban J connectivity index is 2.35. The standard InChI is InChI=1S/C12H19NO4/c1-6-8-10-9(11(15-5)16-8)13(7(2)14)12(3,4)17-10/h6,8-11H,1H2,2-5H3/t8-,9+,10+,11+/m1/s1/i1+1. The molecule has 0 aliphatic carbocycles. The summed E-state index contributed by atoms with van der Waals surface area (Å²) in [6.07, 6.45) is 0.773. The van der Waals surface area contributed by atoms with Gasteiger partial charge in [0.2, 0.25) is 5.91 Å². The Morgan fingerprint density at radius 1 is 1.53 bits per heavy atom. The van der Waals surface area contributed by atoms with Crippen LogP contribution < -0.4 is 0 Å². The van der Waals surface area contributed by atoms with Crippen molar-refractivity contribution in [2.75, 3.05) is 7.11 Å². The van der Waals surface area contributed by atoms with Crippen LogP contribution >= 0.6 is 0 Å². The van der Waals surface area contributed by atoms with Gasteiger partial charge in [0.25, 0.3) is 0 Å². The van der Waals surface area contributed by atoms with E-state index in [-0.39, 0.29) is 24.2 Å². The van der Waals surface area contributed by atoms with E-state index in [2.05, 4.69) is 6.58 Å². The molecule has 0 bridgehead atoms. The molecule has 0 saturated carbocycles. The Labute approximate surface area is 101 Å². The van der Waals surface area contributed by atoms with Gasteiger partial charge in [0.05, 0.1) is 0 Å². The fourth-order valence-corrected chi connectivity index (χ4v) is 2.79. The van der Waals surface area contributed by atoms with Gasteiger partial charge in [0, 0.05) is 14.0 Å². The van der Waals surface area contributed by atoms with Gasteiger partial charge in [-0.05, 0) is 13.8 Å². The summed E-state index contributed by atoms with van der Waals surface area (Å²) in [6, 6.07) is -0.213. The van der Waals surface area contributed by atoms with E-state index in [1.165, 1.54) is 6.92 Å². The van der Waals surface area contributed by atoms with Gasteiger partial charge in [0.1, 0.15) is 24.0 Å². The summed E-state index contributed by atoms with van der Waals surface area (Å²) in [5.74, 6) is -0.0436. The predicted octanol–water partition coefficient (Wildman–Crippen LogP) is 0.896. The lowest BCUT2D eigenvalue weighted by Gasteiger charge is -2.34. The molecule has 2 rings (SSSR count). The second-order valence-electron chi connectivity index (χ2n) is 4.85. The zero-order valence-corrected chi connectivity index (χ0v) is 10.7. The van der Waals surface area contributed by atoms with Gasteiger partial charge in [0.15, 0.2) is 6.29 Å². The van der Waals surface area contributed by atoms with Crippen LogP contribution in [-0.4, -0.2) is 48.2 Å². The number of carbonyl (C=O) groups excluding carboxylic acids is 1. The van der Waals surface area contributed by atoms with Crippen molar-refractivity contribution in [1.29, 1.82) is 0 Å². The topological polar surface area (TPSA) is 48.0 Å². The van der Waals surface area contributed by atoms with Crippen LogP contribution in [0.25, 0.3) is 0 Å². The van der Waals surface area contributed by atoms with Gasteiger partial charge >= 0.3 is 0 Å². The Bertz CT molecular complexity index is 341. The lowest BCUT2D eigenvalue weighted by Crippen LogP contribution is -2.51. The number of methoxy groups -OCH3 is 1. The minimum absolute atomic E-state index is 0.0436. The van der Waals surface area contributed by atoms with Crippen LogP contribution in [0.3, 0.4) is 0 Å². The molecule has 2 aliphatic rings. The van der Waals surface area contributed by atoms with Crippen molar-refractivity contribution < 1.29 is 19.0 Å². The van der Waals surface area contributed by atoms with Crippen molar-refractivity contribution >= 4 is 5.91 Å². The summed E-state index contributed by atoms with van der Waals surface area (Å²) in [4.78, 5) is 13.5. The third kappa shape index (κ3) is 1.78. The summed E-state index contributed by atoms with van der Waals surface area (Å²) in [6.45, 7) is 9.00. The molecule has 0 unspecified atom stereocenters. The van der Waals surface area contributed by atoms with Crippen LogP contribution in [0, 0.1) is 0 Å². The van der Waals surface area contributed by atoms with Crippen LogP contribution in [-0.2, 0) is 19.0 Å². The maximum atomic E-state index is 11.8. The van der Waals surface area contributed by atoms with Crippen LogP contribution in [0.1, 0.15) is 20.8 Å². The van der Waals surface area contributed by atoms with E-state index in [0.717, 1.165) is 0 Å². The average molecular weight is 242 g/mol. The first-order valence-electron chi connectivity index (χ1n) is 5.71. The average Bonchev–Trinajstić information content (AvgIpc) is 2.68. The third-order valence-corrected chi connectivity index (χ3v) is 3.34. The Morgan fingerprint density at radius 3 is 2.65 bits per heavy atom. The number of ether oxygens (including phenoxy) is 3. The lowest BCUT2D eigenvalue weighted by molar-refractivity contribution is -0.180. The first kappa shape index (κ1) is 12.5. The fourth-order valence-electron chi connectivity index (χ4n) is 2.79. The second-order valence-corrected chi connectivity index (χ2v) is 4.85. The second kappa shape index (κ2) is 4.08. The van der Waals surface area contributed by atoms with Crippen LogP contribution in [0.15, 0.2) is 12.7 Å². The van der Waals surface area contributed by atoms with Crippen molar-refractivity contribution in [2.24, 2.45) is 0 Å². The number of hydrogen-bond donors (Lipinski definition) is 0. The van der Waals surface area contributed by atoms with Crippen molar-refractivity contribution in [3.8, 4) is 0 Å². The predicted molar refractivity (Wildman–Crippen MR) is 61.1 cm³/mol. The molecule has 2 fully saturated rings. The molecular weight excluding hydrogens is 223 g/mol. The number of nitrogens with zero attached hydrogens (tertiary/aromatic N) is 1. The van der Waals surface area contributed by atoms with Crippen molar-refractivity contribution in [1.82, 2.24) is 4.90 Å². The molecule has 0 aromatic carbocycles. The van der Waals surface area contributed by atoms with Gasteiger partial charge in [-0.3, -0.25) is 4.79 Å². The van der Waals surface area contributed by atoms with Gasteiger partial charge < -0.3 is 19.1 Å². The zero-order valence-electron chi connectivity index (χ0n) is 10.7. The number of hydrogen-bond acceptors (Lipinski definition) is 4. The highest BCUT2D eigenvalue weighted by Gasteiger charge is 2.59. The highest BCUT2D eigenvalue weighted by Crippen LogP contribution is 2.41. The molecule has 4 atom stereocenters. The molecule has 5 heteroatoms. The maximum absolute atomic E-state index is 11.8. The van der Waals surface area contributed by atoms with E-state index in [9.17, 15) is 4.79 Å². The molecule has 2 saturated heterocycles. The third-order valence-electron chi connectivity index (χ3n) is 3.34. The summed E-state index contributed by atoms with van der Waals surface area (Å²) < 4.78 is 16.8. The summed E-state index contributed by atoms with van der Waals surface area (Å²) in [7, 11) is 1.57. The van der Waals surface area contributed by atoms with Crippen LogP contribution in [0.5, 0.6) is 0 Å². The van der Waals surface area contributed by atoms with Gasteiger partial charge in [-0.25, -0.2) is 0 Å². The van der Waals surface area contributed by atoms with Gasteiger partial charge in [-0.1, -0.05) is 6.08 Å². The first-order chi connectivity index (χ1) is 7.92. The summed E-state index contributed by atoms with van der Waals surface area (Å²) in [5, 5.41) is 0. The smallest absolute Gasteiger partial charge is 0.222 e. The van der Waals surface area contributed by atoms with E-state index in [1.807, 2.05) is 13.8 Å². The summed E-state index contributed by atoms with van der Waals surface area (Å²) >= 11 is 0. The number of carbonyl (C=O) groups is 1. The first-order valence-corrected chi connectivity index (χ1v) is 5.71. The zero-order chi connectivity index (χ0) is 12.8. The molecule has 5 nitrogen and oxygen atoms in total. The van der Waals surface area contributed by atoms with E-state index >= 15 is 0 Å². The van der Waals surface area contributed by atoms with E-state index in [1.54, 1.807) is 18.1 Å². The highest BCUT2D eigenvalue weighted by atomic mass is 16.7. The van der Waals surface area contributed by atoms with Crippen molar-refractivity contribution in [3.63, 3.8) is 0 Å². The number of fused-ring (bicyclic) bond motifs is 1. The number of amides is 1. The molecule has 1 amide bonds. The van der Waals surface area contributed by atoms with Crippen LogP contribution in [0.2, 0.25) is 0 Å². The minimum Gasteiger partial charge on any atom is -0.354 e. The molecule has 17 heavy (non-hydrogen) atoms. The van der Waals surface area contributed by atoms with Crippen LogP contribution in [0.4, 0.5) is 0 Å². The Kier molecular flexibility index (Phi) is 3.01. The Hall–Kier alpha value is -0.910. The molecule has 0 spiro atoms. The number of rotatable bonds is 2.